The molecule has 0 aromatic rings. The third kappa shape index (κ3) is 2.42. The van der Waals surface area contributed by atoms with Gasteiger partial charge in [0.1, 0.15) is 0 Å². The van der Waals surface area contributed by atoms with Crippen LogP contribution in [0.5, 0.6) is 0 Å². The van der Waals surface area contributed by atoms with E-state index in [1.807, 2.05) is 7.05 Å². The van der Waals surface area contributed by atoms with Crippen LogP contribution in [0.1, 0.15) is 13.8 Å². The molecule has 68 valence electrons. The minimum atomic E-state index is -0.179. The Bertz CT molecular complexity index is 96.8. The van der Waals surface area contributed by atoms with E-state index in [0.717, 1.165) is 26.1 Å². The van der Waals surface area contributed by atoms with Crippen molar-refractivity contribution in [2.45, 2.75) is 13.8 Å². The maximum Gasteiger partial charge on any atom is 0.0975 e. The van der Waals surface area contributed by atoms with Crippen LogP contribution < -0.4 is 10.6 Å². The summed E-state index contributed by atoms with van der Waals surface area (Å²) in [6.07, 6.45) is 0.951. The second kappa shape index (κ2) is 4.67. The Balaban J connectivity index is 0.000001000. The van der Waals surface area contributed by atoms with Crippen LogP contribution in [0.15, 0.2) is 0 Å². The van der Waals surface area contributed by atoms with Crippen molar-refractivity contribution in [2.75, 3.05) is 33.4 Å². The molecular formula is C8H19FN2. The zero-order valence-electron chi connectivity index (χ0n) is 6.41. The van der Waals surface area contributed by atoms with Gasteiger partial charge in [0.05, 0.1) is 6.67 Å². The highest BCUT2D eigenvalue weighted by atomic mass is 19.1. The summed E-state index contributed by atoms with van der Waals surface area (Å²) in [7, 11) is 1.90. The first-order chi connectivity index (χ1) is 4.83. The van der Waals surface area contributed by atoms with Crippen molar-refractivity contribution in [1.29, 1.82) is 0 Å². The molecule has 0 bridgehead atoms. The van der Waals surface area contributed by atoms with Gasteiger partial charge in [0, 0.05) is 18.5 Å². The van der Waals surface area contributed by atoms with Gasteiger partial charge in [0.15, 0.2) is 0 Å². The van der Waals surface area contributed by atoms with Gasteiger partial charge >= 0.3 is 0 Å². The molecule has 0 aromatic heterocycles. The fourth-order valence-electron chi connectivity index (χ4n) is 1.21. The summed E-state index contributed by atoms with van der Waals surface area (Å²) < 4.78 is 12.3. The van der Waals surface area contributed by atoms with Crippen LogP contribution in [0.2, 0.25) is 0 Å². The molecule has 1 rings (SSSR count). The van der Waals surface area contributed by atoms with Crippen LogP contribution in [0.25, 0.3) is 0 Å². The Labute approximate surface area is 68.6 Å². The summed E-state index contributed by atoms with van der Waals surface area (Å²) in [6, 6.07) is 0. The third-order valence-corrected chi connectivity index (χ3v) is 2.19. The van der Waals surface area contributed by atoms with Crippen LogP contribution in [0.3, 0.4) is 0 Å². The zero-order chi connectivity index (χ0) is 7.45. The largest absolute Gasteiger partial charge is 0.320 e. The molecule has 11 heavy (non-hydrogen) atoms. The predicted molar refractivity (Wildman–Crippen MR) is 46.6 cm³/mol. The first-order valence-electron chi connectivity index (χ1n) is 3.74. The van der Waals surface area contributed by atoms with E-state index in [4.69, 9.17) is 0 Å². The Morgan fingerprint density at radius 3 is 2.45 bits per heavy atom. The van der Waals surface area contributed by atoms with E-state index in [1.54, 1.807) is 0 Å². The summed E-state index contributed by atoms with van der Waals surface area (Å²) in [5.74, 6) is 0. The van der Waals surface area contributed by atoms with Gasteiger partial charge in [-0.3, -0.25) is 4.39 Å². The molecule has 1 aliphatic rings. The molecule has 0 aliphatic carbocycles. The highest BCUT2D eigenvalue weighted by Gasteiger charge is 2.35. The summed E-state index contributed by atoms with van der Waals surface area (Å²) in [4.78, 5) is 0. The maximum absolute atomic E-state index is 12.3. The molecule has 3 heteroatoms. The van der Waals surface area contributed by atoms with E-state index in [1.165, 1.54) is 0 Å². The highest BCUT2D eigenvalue weighted by molar-refractivity contribution is 4.91. The van der Waals surface area contributed by atoms with Crippen molar-refractivity contribution in [3.63, 3.8) is 0 Å². The molecule has 1 saturated heterocycles. The average molecular weight is 162 g/mol. The number of nitrogens with one attached hydrogen (secondary N) is 2. The zero-order valence-corrected chi connectivity index (χ0v) is 6.41. The van der Waals surface area contributed by atoms with Crippen LogP contribution >= 0.6 is 0 Å². The molecule has 0 saturated carbocycles. The first-order valence-corrected chi connectivity index (χ1v) is 3.74. The molecule has 0 atom stereocenters. The van der Waals surface area contributed by atoms with Crippen LogP contribution in [-0.2, 0) is 0 Å². The molecule has 0 radical (unpaired) electrons. The normalized spacial score (nSPS) is 20.2. The standard InChI is InChI=1S/C7H15FN2.CH4/c1-9-3-2-7(4-8)5-10-6-7;/h9-10H,2-6H2,1H3;1H4. The molecule has 1 aliphatic heterocycles. The summed E-state index contributed by atoms with van der Waals surface area (Å²) in [5.41, 5.74) is -0.0248. The Kier molecular flexibility index (Phi) is 4.61. The lowest BCUT2D eigenvalue weighted by Gasteiger charge is -2.40. The van der Waals surface area contributed by atoms with Gasteiger partial charge in [-0.2, -0.15) is 0 Å². The lowest BCUT2D eigenvalue weighted by atomic mass is 9.80. The summed E-state index contributed by atoms with van der Waals surface area (Å²) >= 11 is 0. The van der Waals surface area contributed by atoms with E-state index in [-0.39, 0.29) is 19.5 Å². The topological polar surface area (TPSA) is 24.1 Å². The van der Waals surface area contributed by atoms with Gasteiger partial charge in [-0.1, -0.05) is 7.43 Å². The molecule has 0 aromatic carbocycles. The van der Waals surface area contributed by atoms with Gasteiger partial charge in [-0.15, -0.1) is 0 Å². The smallest absolute Gasteiger partial charge is 0.0975 e. The van der Waals surface area contributed by atoms with Crippen LogP contribution in [0, 0.1) is 5.41 Å². The van der Waals surface area contributed by atoms with Crippen molar-refractivity contribution < 1.29 is 4.39 Å². The Morgan fingerprint density at radius 1 is 1.55 bits per heavy atom. The van der Waals surface area contributed by atoms with Crippen molar-refractivity contribution in [2.24, 2.45) is 5.41 Å². The van der Waals surface area contributed by atoms with Crippen LogP contribution in [-0.4, -0.2) is 33.4 Å². The van der Waals surface area contributed by atoms with Crippen LogP contribution in [0.4, 0.5) is 4.39 Å². The van der Waals surface area contributed by atoms with E-state index in [9.17, 15) is 4.39 Å². The second-order valence-corrected chi connectivity index (χ2v) is 3.09. The van der Waals surface area contributed by atoms with E-state index < -0.39 is 0 Å². The predicted octanol–water partition coefficient (Wildman–Crippen LogP) is 0.791. The lowest BCUT2D eigenvalue weighted by Crippen LogP contribution is -2.55. The monoisotopic (exact) mass is 162 g/mol. The maximum atomic E-state index is 12.3. The molecule has 1 fully saturated rings. The van der Waals surface area contributed by atoms with Gasteiger partial charge in [0.25, 0.3) is 0 Å². The summed E-state index contributed by atoms with van der Waals surface area (Å²) in [5, 5.41) is 6.13. The fourth-order valence-corrected chi connectivity index (χ4v) is 1.21. The molecule has 0 spiro atoms. The first kappa shape index (κ1) is 10.8. The van der Waals surface area contributed by atoms with Gasteiger partial charge < -0.3 is 10.6 Å². The van der Waals surface area contributed by atoms with E-state index >= 15 is 0 Å². The molecular weight excluding hydrogens is 143 g/mol. The van der Waals surface area contributed by atoms with Gasteiger partial charge in [-0.05, 0) is 20.0 Å². The number of rotatable bonds is 4. The number of hydrogen-bond donors (Lipinski definition) is 2. The van der Waals surface area contributed by atoms with Crippen molar-refractivity contribution >= 4 is 0 Å². The molecule has 0 unspecified atom stereocenters. The molecule has 0 amide bonds. The number of hydrogen-bond acceptors (Lipinski definition) is 2. The van der Waals surface area contributed by atoms with Crippen molar-refractivity contribution in [1.82, 2.24) is 10.6 Å². The van der Waals surface area contributed by atoms with E-state index in [2.05, 4.69) is 10.6 Å². The highest BCUT2D eigenvalue weighted by Crippen LogP contribution is 2.26. The summed E-state index contributed by atoms with van der Waals surface area (Å²) in [6.45, 7) is 2.45. The average Bonchev–Trinajstić information content (AvgIpc) is 1.87. The minimum absolute atomic E-state index is 0. The van der Waals surface area contributed by atoms with Gasteiger partial charge in [0.2, 0.25) is 0 Å². The third-order valence-electron chi connectivity index (χ3n) is 2.19. The molecule has 1 heterocycles. The van der Waals surface area contributed by atoms with Crippen molar-refractivity contribution in [3.05, 3.63) is 0 Å². The second-order valence-electron chi connectivity index (χ2n) is 3.09. The number of alkyl halides is 1. The molecule has 2 nitrogen and oxygen atoms in total. The van der Waals surface area contributed by atoms with Gasteiger partial charge in [-0.25, -0.2) is 0 Å². The van der Waals surface area contributed by atoms with Crippen molar-refractivity contribution in [3.8, 4) is 0 Å². The number of halogens is 1. The fraction of sp³-hybridized carbons (Fsp3) is 1.00. The van der Waals surface area contributed by atoms with E-state index in [0.29, 0.717) is 0 Å². The molecule has 2 N–H and O–H groups in total. The lowest BCUT2D eigenvalue weighted by molar-refractivity contribution is 0.109. The minimum Gasteiger partial charge on any atom is -0.320 e. The Hall–Kier alpha value is -0.150. The Morgan fingerprint density at radius 2 is 2.18 bits per heavy atom. The SMILES string of the molecule is C.CNCCC1(CF)CNC1. The quantitative estimate of drug-likeness (QED) is 0.638.